The number of hydrogen-bond donors (Lipinski definition) is 1. The van der Waals surface area contributed by atoms with E-state index in [1.165, 1.54) is 0 Å². The summed E-state index contributed by atoms with van der Waals surface area (Å²) in [6.45, 7) is 0. The highest BCUT2D eigenvalue weighted by molar-refractivity contribution is 5.28. The van der Waals surface area contributed by atoms with Gasteiger partial charge in [-0.25, -0.2) is 0 Å². The fraction of sp³-hybridized carbons (Fsp3) is 0. The molecule has 40 valence electrons. The van der Waals surface area contributed by atoms with Crippen molar-refractivity contribution in [1.82, 2.24) is 5.48 Å². The molecule has 0 heterocycles. The Morgan fingerprint density at radius 3 is 2.88 bits per heavy atom. The lowest BCUT2D eigenvalue weighted by Crippen LogP contribution is -2.00. The Balaban J connectivity index is 2.68. The van der Waals surface area contributed by atoms with E-state index in [4.69, 9.17) is 0 Å². The topological polar surface area (TPSA) is 35.1 Å². The highest BCUT2D eigenvalue weighted by atomic mass is 16.5. The second-order valence-corrected chi connectivity index (χ2v) is 1.39. The Hall–Kier alpha value is -1.11. The predicted molar refractivity (Wildman–Crippen MR) is 31.5 cm³/mol. The summed E-state index contributed by atoms with van der Waals surface area (Å²) in [5.41, 5.74) is 2.29. The molecule has 0 fully saturated rings. The molecule has 1 N–H and O–H groups in total. The molecule has 0 radical (unpaired) electrons. The highest BCUT2D eigenvalue weighted by Gasteiger charge is 1.93. The molecule has 2 nitrogen and oxygen atoms in total. The van der Waals surface area contributed by atoms with Gasteiger partial charge < -0.3 is 10.7 Å². The summed E-state index contributed by atoms with van der Waals surface area (Å²) in [5, 5.41) is 9.86. The first-order valence-electron chi connectivity index (χ1n) is 2.28. The molecule has 0 aromatic heterocycles. The van der Waals surface area contributed by atoms with Crippen molar-refractivity contribution in [2.75, 3.05) is 0 Å². The molecule has 1 aliphatic carbocycles. The molecule has 0 atom stereocenters. The molecule has 0 bridgehead atoms. The van der Waals surface area contributed by atoms with E-state index >= 15 is 0 Å². The van der Waals surface area contributed by atoms with E-state index in [1.54, 1.807) is 29.8 Å². The smallest absolute Gasteiger partial charge is 0.136 e. The van der Waals surface area contributed by atoms with Crippen LogP contribution in [0.15, 0.2) is 30.0 Å². The molecule has 0 aliphatic heterocycles. The minimum absolute atomic E-state index is 0.549. The van der Waals surface area contributed by atoms with Gasteiger partial charge in [-0.3, -0.25) is 0 Å². The predicted octanol–water partition coefficient (Wildman–Crippen LogP) is 0.887. The van der Waals surface area contributed by atoms with E-state index in [0.717, 1.165) is 0 Å². The quantitative estimate of drug-likeness (QED) is 0.399. The maximum absolute atomic E-state index is 9.86. The van der Waals surface area contributed by atoms with Gasteiger partial charge in [0.25, 0.3) is 0 Å². The monoisotopic (exact) mass is 107 g/mol. The maximum atomic E-state index is 9.86. The molecule has 0 aromatic rings. The summed E-state index contributed by atoms with van der Waals surface area (Å²) in [7, 11) is 0. The van der Waals surface area contributed by atoms with E-state index in [1.807, 2.05) is 0 Å². The summed E-state index contributed by atoms with van der Waals surface area (Å²) in [6, 6.07) is 0. The first-order chi connectivity index (χ1) is 3.93. The van der Waals surface area contributed by atoms with E-state index in [2.05, 4.69) is 6.08 Å². The average Bonchev–Trinajstić information content (AvgIpc) is 1.90. The molecule has 1 aliphatic rings. The third-order valence-corrected chi connectivity index (χ3v) is 0.825. The zero-order valence-electron chi connectivity index (χ0n) is 4.22. The van der Waals surface area contributed by atoms with Crippen molar-refractivity contribution in [3.8, 4) is 0 Å². The molecule has 0 spiro atoms. The van der Waals surface area contributed by atoms with Crippen molar-refractivity contribution in [2.24, 2.45) is 0 Å². The van der Waals surface area contributed by atoms with Crippen molar-refractivity contribution in [3.05, 3.63) is 41.3 Å². The van der Waals surface area contributed by atoms with Gasteiger partial charge >= 0.3 is 0 Å². The van der Waals surface area contributed by atoms with Crippen LogP contribution in [0.5, 0.6) is 0 Å². The van der Waals surface area contributed by atoms with Crippen LogP contribution < -0.4 is 5.48 Å². The molecular formula is C6H5NO. The van der Waals surface area contributed by atoms with Crippen LogP contribution >= 0.6 is 0 Å². The van der Waals surface area contributed by atoms with Gasteiger partial charge in [-0.15, -0.1) is 0 Å². The van der Waals surface area contributed by atoms with Crippen LogP contribution in [0, 0.1) is 11.3 Å². The average molecular weight is 107 g/mol. The van der Waals surface area contributed by atoms with Gasteiger partial charge in [0.1, 0.15) is 17.8 Å². The number of nitrogens with one attached hydrogen (secondary N) is 1. The Morgan fingerprint density at radius 1 is 1.62 bits per heavy atom. The Morgan fingerprint density at radius 2 is 2.50 bits per heavy atom. The second kappa shape index (κ2) is 2.26. The van der Waals surface area contributed by atoms with Gasteiger partial charge in [-0.1, -0.05) is 0 Å². The first-order valence-corrected chi connectivity index (χ1v) is 2.28. The van der Waals surface area contributed by atoms with E-state index in [0.29, 0.717) is 5.70 Å². The standard InChI is InChI=1S/C6H5NO/c8-7-6-4-2-1-3-5-6/h1-2,4-5,7H. The Kier molecular flexibility index (Phi) is 1.42. The second-order valence-electron chi connectivity index (χ2n) is 1.39. The normalized spacial score (nSPS) is 14.9. The van der Waals surface area contributed by atoms with Crippen LogP contribution in [-0.2, 0) is 0 Å². The maximum Gasteiger partial charge on any atom is 0.136 e. The van der Waals surface area contributed by atoms with E-state index in [-0.39, 0.29) is 0 Å². The molecule has 0 saturated carbocycles. The lowest BCUT2D eigenvalue weighted by atomic mass is 10.2. The number of rotatable bonds is 1. The largest absolute Gasteiger partial charge is 0.748 e. The number of hydroxylamine groups is 1. The zero-order valence-corrected chi connectivity index (χ0v) is 4.22. The van der Waals surface area contributed by atoms with Gasteiger partial charge in [0.2, 0.25) is 0 Å². The third-order valence-electron chi connectivity index (χ3n) is 0.825. The molecule has 0 amide bonds. The van der Waals surface area contributed by atoms with Crippen LogP contribution in [-0.4, -0.2) is 0 Å². The van der Waals surface area contributed by atoms with Gasteiger partial charge in [-0.05, 0) is 0 Å². The van der Waals surface area contributed by atoms with Gasteiger partial charge in [0.15, 0.2) is 0 Å². The van der Waals surface area contributed by atoms with Gasteiger partial charge in [0, 0.05) is 12.2 Å². The van der Waals surface area contributed by atoms with Crippen LogP contribution in [0.25, 0.3) is 0 Å². The SMILES string of the molecule is [O-]NC1=CC=C[C+]=C1. The van der Waals surface area contributed by atoms with E-state index in [9.17, 15) is 5.21 Å². The summed E-state index contributed by atoms with van der Waals surface area (Å²) in [4.78, 5) is 0. The molecular weight excluding hydrogens is 102 g/mol. The van der Waals surface area contributed by atoms with Crippen molar-refractivity contribution < 1.29 is 0 Å². The summed E-state index contributed by atoms with van der Waals surface area (Å²) >= 11 is 0. The molecule has 0 aromatic carbocycles. The van der Waals surface area contributed by atoms with Gasteiger partial charge in [-0.2, -0.15) is 0 Å². The van der Waals surface area contributed by atoms with Crippen molar-refractivity contribution >= 4 is 0 Å². The summed E-state index contributed by atoms with van der Waals surface area (Å²) in [6.07, 6.45) is 9.51. The van der Waals surface area contributed by atoms with Crippen LogP contribution in [0.2, 0.25) is 0 Å². The summed E-state index contributed by atoms with van der Waals surface area (Å²) in [5.74, 6) is 0. The van der Waals surface area contributed by atoms with Crippen molar-refractivity contribution in [3.63, 3.8) is 0 Å². The fourth-order valence-corrected chi connectivity index (χ4v) is 0.457. The van der Waals surface area contributed by atoms with Crippen LogP contribution in [0.4, 0.5) is 0 Å². The Bertz CT molecular complexity index is 156. The summed E-state index contributed by atoms with van der Waals surface area (Å²) < 4.78 is 0. The van der Waals surface area contributed by atoms with Crippen molar-refractivity contribution in [2.45, 2.75) is 0 Å². The van der Waals surface area contributed by atoms with Crippen LogP contribution in [0.3, 0.4) is 0 Å². The zero-order chi connectivity index (χ0) is 5.82. The lowest BCUT2D eigenvalue weighted by Gasteiger charge is -2.01. The fourth-order valence-electron chi connectivity index (χ4n) is 0.457. The highest BCUT2D eigenvalue weighted by Crippen LogP contribution is 1.96. The van der Waals surface area contributed by atoms with Crippen molar-refractivity contribution in [1.29, 1.82) is 0 Å². The lowest BCUT2D eigenvalue weighted by molar-refractivity contribution is 1.12. The molecule has 0 unspecified atom stereocenters. The van der Waals surface area contributed by atoms with Gasteiger partial charge in [0.05, 0.1) is 6.08 Å². The molecule has 2 heteroatoms. The number of hydrogen-bond acceptors (Lipinski definition) is 2. The minimum atomic E-state index is 0.549. The van der Waals surface area contributed by atoms with Crippen LogP contribution in [0.1, 0.15) is 0 Å². The first kappa shape index (κ1) is 5.04. The molecule has 0 saturated heterocycles. The third kappa shape index (κ3) is 0.936. The van der Waals surface area contributed by atoms with E-state index < -0.39 is 0 Å². The molecule has 8 heavy (non-hydrogen) atoms. The minimum Gasteiger partial charge on any atom is -0.748 e. The Labute approximate surface area is 47.8 Å². The number of allylic oxidation sites excluding steroid dienone is 5. The molecule has 1 rings (SSSR count).